The van der Waals surface area contributed by atoms with Crippen LogP contribution in [0.4, 0.5) is 4.39 Å². The Bertz CT molecular complexity index is 564. The van der Waals surface area contributed by atoms with Crippen molar-refractivity contribution in [3.63, 3.8) is 0 Å². The minimum absolute atomic E-state index is 0.182. The molecule has 0 aliphatic carbocycles. The highest BCUT2D eigenvalue weighted by Gasteiger charge is 2.12. The largest absolute Gasteiger partial charge is 0.457 e. The molecule has 2 rings (SSSR count). The van der Waals surface area contributed by atoms with Gasteiger partial charge in [0.1, 0.15) is 17.3 Å². The van der Waals surface area contributed by atoms with Gasteiger partial charge >= 0.3 is 0 Å². The fourth-order valence-electron chi connectivity index (χ4n) is 1.96. The number of aliphatic hydroxyl groups is 1. The number of ether oxygens (including phenoxy) is 1. The number of aliphatic hydroxyl groups excluding tert-OH is 1. The Morgan fingerprint density at radius 2 is 1.74 bits per heavy atom. The number of hydrogen-bond donors (Lipinski definition) is 1. The van der Waals surface area contributed by atoms with Gasteiger partial charge in [-0.1, -0.05) is 38.1 Å². The lowest BCUT2D eigenvalue weighted by molar-refractivity contribution is 0.269. The molecule has 0 saturated carbocycles. The van der Waals surface area contributed by atoms with Crippen LogP contribution in [0.5, 0.6) is 11.5 Å². The van der Waals surface area contributed by atoms with Crippen LogP contribution in [0.15, 0.2) is 42.5 Å². The Balaban J connectivity index is 2.39. The quantitative estimate of drug-likeness (QED) is 0.891. The van der Waals surface area contributed by atoms with Crippen LogP contribution >= 0.6 is 0 Å². The SMILES string of the molecule is CC(C)c1ccccc1Oc1cccc(F)c1CO. The van der Waals surface area contributed by atoms with E-state index in [1.54, 1.807) is 12.1 Å². The molecule has 0 bridgehead atoms. The number of rotatable bonds is 4. The zero-order valence-corrected chi connectivity index (χ0v) is 11.1. The monoisotopic (exact) mass is 260 g/mol. The molecule has 0 heterocycles. The molecule has 2 aromatic rings. The highest BCUT2D eigenvalue weighted by molar-refractivity contribution is 5.42. The molecule has 1 N–H and O–H groups in total. The van der Waals surface area contributed by atoms with Crippen LogP contribution in [0, 0.1) is 5.82 Å². The lowest BCUT2D eigenvalue weighted by Gasteiger charge is -2.15. The molecule has 0 amide bonds. The summed E-state index contributed by atoms with van der Waals surface area (Å²) in [5.41, 5.74) is 1.23. The minimum Gasteiger partial charge on any atom is -0.457 e. The Morgan fingerprint density at radius 1 is 1.05 bits per heavy atom. The van der Waals surface area contributed by atoms with Crippen LogP contribution < -0.4 is 4.74 Å². The first kappa shape index (κ1) is 13.6. The Morgan fingerprint density at radius 3 is 2.42 bits per heavy atom. The molecular formula is C16H17FO2. The summed E-state index contributed by atoms with van der Waals surface area (Å²) in [5, 5.41) is 9.24. The average Bonchev–Trinajstić information content (AvgIpc) is 2.39. The van der Waals surface area contributed by atoms with Crippen molar-refractivity contribution in [3.8, 4) is 11.5 Å². The summed E-state index contributed by atoms with van der Waals surface area (Å²) in [6, 6.07) is 12.2. The summed E-state index contributed by atoms with van der Waals surface area (Å²) in [6.45, 7) is 3.76. The van der Waals surface area contributed by atoms with E-state index >= 15 is 0 Å². The van der Waals surface area contributed by atoms with E-state index in [4.69, 9.17) is 4.74 Å². The third kappa shape index (κ3) is 2.93. The molecule has 19 heavy (non-hydrogen) atoms. The fraction of sp³-hybridized carbons (Fsp3) is 0.250. The van der Waals surface area contributed by atoms with Crippen LogP contribution in [0.2, 0.25) is 0 Å². The van der Waals surface area contributed by atoms with E-state index in [2.05, 4.69) is 13.8 Å². The number of benzene rings is 2. The van der Waals surface area contributed by atoms with Crippen molar-refractivity contribution in [1.29, 1.82) is 0 Å². The van der Waals surface area contributed by atoms with Crippen LogP contribution in [0.3, 0.4) is 0 Å². The van der Waals surface area contributed by atoms with E-state index in [0.29, 0.717) is 17.4 Å². The van der Waals surface area contributed by atoms with Gasteiger partial charge in [0, 0.05) is 0 Å². The van der Waals surface area contributed by atoms with Gasteiger partial charge in [0.05, 0.1) is 12.2 Å². The van der Waals surface area contributed by atoms with Crippen LogP contribution in [-0.4, -0.2) is 5.11 Å². The normalized spacial score (nSPS) is 10.8. The summed E-state index contributed by atoms with van der Waals surface area (Å²) in [6.07, 6.45) is 0. The Labute approximate surface area is 112 Å². The fourth-order valence-corrected chi connectivity index (χ4v) is 1.96. The van der Waals surface area contributed by atoms with Crippen molar-refractivity contribution in [2.45, 2.75) is 26.4 Å². The smallest absolute Gasteiger partial charge is 0.135 e. The Kier molecular flexibility index (Phi) is 4.17. The van der Waals surface area contributed by atoms with Gasteiger partial charge in [0.15, 0.2) is 0 Å². The molecule has 2 aromatic carbocycles. The molecular weight excluding hydrogens is 243 g/mol. The zero-order valence-electron chi connectivity index (χ0n) is 11.1. The zero-order chi connectivity index (χ0) is 13.8. The van der Waals surface area contributed by atoms with Gasteiger partial charge in [0.2, 0.25) is 0 Å². The summed E-state index contributed by atoms with van der Waals surface area (Å²) in [5.74, 6) is 0.901. The van der Waals surface area contributed by atoms with E-state index in [1.165, 1.54) is 6.07 Å². The molecule has 3 heteroatoms. The van der Waals surface area contributed by atoms with E-state index in [1.807, 2.05) is 24.3 Å². The highest BCUT2D eigenvalue weighted by Crippen LogP contribution is 2.32. The number of para-hydroxylation sites is 1. The van der Waals surface area contributed by atoms with Gasteiger partial charge in [-0.25, -0.2) is 4.39 Å². The van der Waals surface area contributed by atoms with E-state index < -0.39 is 5.82 Å². The second kappa shape index (κ2) is 5.85. The molecule has 0 spiro atoms. The topological polar surface area (TPSA) is 29.5 Å². The third-order valence-corrected chi connectivity index (χ3v) is 2.99. The number of hydrogen-bond acceptors (Lipinski definition) is 2. The molecule has 2 nitrogen and oxygen atoms in total. The van der Waals surface area contributed by atoms with E-state index in [-0.39, 0.29) is 12.2 Å². The van der Waals surface area contributed by atoms with Gasteiger partial charge < -0.3 is 9.84 Å². The summed E-state index contributed by atoms with van der Waals surface area (Å²) >= 11 is 0. The first-order valence-electron chi connectivity index (χ1n) is 6.28. The predicted molar refractivity (Wildman–Crippen MR) is 72.9 cm³/mol. The molecule has 100 valence electrons. The third-order valence-electron chi connectivity index (χ3n) is 2.99. The molecule has 0 saturated heterocycles. The maximum absolute atomic E-state index is 13.6. The van der Waals surface area contributed by atoms with Crippen molar-refractivity contribution in [3.05, 3.63) is 59.4 Å². The van der Waals surface area contributed by atoms with E-state index in [0.717, 1.165) is 5.56 Å². The molecule has 0 aliphatic heterocycles. The lowest BCUT2D eigenvalue weighted by Crippen LogP contribution is -1.98. The number of halogens is 1. The average molecular weight is 260 g/mol. The van der Waals surface area contributed by atoms with Crippen LogP contribution in [0.1, 0.15) is 30.9 Å². The predicted octanol–water partition coefficient (Wildman–Crippen LogP) is 4.23. The van der Waals surface area contributed by atoms with Crippen molar-refractivity contribution in [2.24, 2.45) is 0 Å². The maximum atomic E-state index is 13.6. The van der Waals surface area contributed by atoms with Gasteiger partial charge in [-0.15, -0.1) is 0 Å². The van der Waals surface area contributed by atoms with Crippen LogP contribution in [0.25, 0.3) is 0 Å². The molecule has 0 atom stereocenters. The minimum atomic E-state index is -0.456. The van der Waals surface area contributed by atoms with Gasteiger partial charge in [-0.05, 0) is 29.7 Å². The lowest BCUT2D eigenvalue weighted by atomic mass is 10.0. The van der Waals surface area contributed by atoms with Gasteiger partial charge in [-0.3, -0.25) is 0 Å². The van der Waals surface area contributed by atoms with Crippen LogP contribution in [-0.2, 0) is 6.61 Å². The highest BCUT2D eigenvalue weighted by atomic mass is 19.1. The maximum Gasteiger partial charge on any atom is 0.135 e. The second-order valence-electron chi connectivity index (χ2n) is 4.67. The summed E-state index contributed by atoms with van der Waals surface area (Å²) in [4.78, 5) is 0. The summed E-state index contributed by atoms with van der Waals surface area (Å²) in [7, 11) is 0. The first-order chi connectivity index (χ1) is 9.13. The van der Waals surface area contributed by atoms with E-state index in [9.17, 15) is 9.50 Å². The van der Waals surface area contributed by atoms with Crippen molar-refractivity contribution in [1.82, 2.24) is 0 Å². The van der Waals surface area contributed by atoms with Crippen molar-refractivity contribution in [2.75, 3.05) is 0 Å². The van der Waals surface area contributed by atoms with Crippen molar-refractivity contribution >= 4 is 0 Å². The first-order valence-corrected chi connectivity index (χ1v) is 6.28. The van der Waals surface area contributed by atoms with Gasteiger partial charge in [-0.2, -0.15) is 0 Å². The van der Waals surface area contributed by atoms with Crippen molar-refractivity contribution < 1.29 is 14.2 Å². The molecule has 0 fully saturated rings. The second-order valence-corrected chi connectivity index (χ2v) is 4.67. The molecule has 0 aromatic heterocycles. The molecule has 0 radical (unpaired) electrons. The Hall–Kier alpha value is -1.87. The van der Waals surface area contributed by atoms with Gasteiger partial charge in [0.25, 0.3) is 0 Å². The summed E-state index contributed by atoms with van der Waals surface area (Å²) < 4.78 is 19.3. The molecule has 0 aliphatic rings. The molecule has 0 unspecified atom stereocenters. The standard InChI is InChI=1S/C16H17FO2/c1-11(2)12-6-3-4-8-15(12)19-16-9-5-7-14(17)13(16)10-18/h3-9,11,18H,10H2,1-2H3.